The standard InChI is InChI=1S/C19H23FN2O2S/c1-15-8-9-18(20)14-19(15)25(23,24)22-12-10-21(11-13-22)16(2)17-6-4-3-5-7-17/h3-9,14,16H,10-13H2,1-2H3. The maximum Gasteiger partial charge on any atom is 0.243 e. The molecule has 0 amide bonds. The van der Waals surface area contributed by atoms with Gasteiger partial charge in [0.2, 0.25) is 10.0 Å². The van der Waals surface area contributed by atoms with Crippen molar-refractivity contribution in [2.24, 2.45) is 0 Å². The first-order chi connectivity index (χ1) is 11.9. The minimum Gasteiger partial charge on any atom is -0.294 e. The molecule has 134 valence electrons. The zero-order valence-electron chi connectivity index (χ0n) is 14.5. The van der Waals surface area contributed by atoms with Gasteiger partial charge < -0.3 is 0 Å². The second-order valence-electron chi connectivity index (χ2n) is 6.44. The molecular weight excluding hydrogens is 339 g/mol. The van der Waals surface area contributed by atoms with Crippen LogP contribution in [0.25, 0.3) is 0 Å². The molecule has 2 aromatic rings. The third kappa shape index (κ3) is 3.76. The topological polar surface area (TPSA) is 40.6 Å². The number of aryl methyl sites for hydroxylation is 1. The number of halogens is 1. The molecule has 0 aromatic heterocycles. The maximum absolute atomic E-state index is 13.5. The van der Waals surface area contributed by atoms with Crippen LogP contribution in [0.2, 0.25) is 0 Å². The van der Waals surface area contributed by atoms with Crippen LogP contribution in [-0.4, -0.2) is 43.8 Å². The van der Waals surface area contributed by atoms with E-state index in [1.54, 1.807) is 6.92 Å². The molecule has 0 saturated carbocycles. The monoisotopic (exact) mass is 362 g/mol. The molecule has 6 heteroatoms. The van der Waals surface area contributed by atoms with Gasteiger partial charge in [-0.15, -0.1) is 0 Å². The van der Waals surface area contributed by atoms with Gasteiger partial charge in [0.05, 0.1) is 4.90 Å². The van der Waals surface area contributed by atoms with Crippen LogP contribution in [0.15, 0.2) is 53.4 Å². The first-order valence-corrected chi connectivity index (χ1v) is 9.89. The van der Waals surface area contributed by atoms with E-state index in [-0.39, 0.29) is 10.9 Å². The lowest BCUT2D eigenvalue weighted by molar-refractivity contribution is 0.146. The average molecular weight is 362 g/mol. The highest BCUT2D eigenvalue weighted by molar-refractivity contribution is 7.89. The summed E-state index contributed by atoms with van der Waals surface area (Å²) in [6.45, 7) is 5.97. The van der Waals surface area contributed by atoms with Crippen molar-refractivity contribution in [1.82, 2.24) is 9.21 Å². The van der Waals surface area contributed by atoms with Crippen molar-refractivity contribution in [3.63, 3.8) is 0 Å². The average Bonchev–Trinajstić information content (AvgIpc) is 2.64. The van der Waals surface area contributed by atoms with E-state index in [9.17, 15) is 12.8 Å². The highest BCUT2D eigenvalue weighted by Crippen LogP contribution is 2.25. The lowest BCUT2D eigenvalue weighted by atomic mass is 10.1. The van der Waals surface area contributed by atoms with Gasteiger partial charge in [-0.1, -0.05) is 36.4 Å². The number of rotatable bonds is 4. The molecular formula is C19H23FN2O2S. The smallest absolute Gasteiger partial charge is 0.243 e. The first-order valence-electron chi connectivity index (χ1n) is 8.45. The van der Waals surface area contributed by atoms with Crippen LogP contribution >= 0.6 is 0 Å². The summed E-state index contributed by atoms with van der Waals surface area (Å²) in [7, 11) is -3.66. The molecule has 0 aliphatic carbocycles. The van der Waals surface area contributed by atoms with E-state index in [4.69, 9.17) is 0 Å². The predicted octanol–water partition coefficient (Wildman–Crippen LogP) is 3.20. The molecule has 1 aliphatic heterocycles. The van der Waals surface area contributed by atoms with Gasteiger partial charge in [0.15, 0.2) is 0 Å². The summed E-state index contributed by atoms with van der Waals surface area (Å²) < 4.78 is 40.7. The first kappa shape index (κ1) is 18.0. The summed E-state index contributed by atoms with van der Waals surface area (Å²) in [5.41, 5.74) is 1.79. The SMILES string of the molecule is Cc1ccc(F)cc1S(=O)(=O)N1CCN(C(C)c2ccccc2)CC1. The molecule has 1 saturated heterocycles. The van der Waals surface area contributed by atoms with Crippen LogP contribution in [-0.2, 0) is 10.0 Å². The fourth-order valence-corrected chi connectivity index (χ4v) is 4.92. The summed E-state index contributed by atoms with van der Waals surface area (Å²) in [5.74, 6) is -0.527. The van der Waals surface area contributed by atoms with Gasteiger partial charge in [-0.3, -0.25) is 4.90 Å². The minimum atomic E-state index is -3.66. The number of hydrogen-bond acceptors (Lipinski definition) is 3. The van der Waals surface area contributed by atoms with Gasteiger partial charge in [-0.2, -0.15) is 4.31 Å². The van der Waals surface area contributed by atoms with E-state index in [0.29, 0.717) is 31.7 Å². The van der Waals surface area contributed by atoms with Gasteiger partial charge in [0.1, 0.15) is 5.82 Å². The molecule has 1 aliphatic rings. The van der Waals surface area contributed by atoms with E-state index in [0.717, 1.165) is 6.07 Å². The van der Waals surface area contributed by atoms with Crippen LogP contribution in [0, 0.1) is 12.7 Å². The van der Waals surface area contributed by atoms with Gasteiger partial charge in [-0.05, 0) is 37.1 Å². The number of hydrogen-bond donors (Lipinski definition) is 0. The molecule has 1 heterocycles. The Labute approximate surface area is 148 Å². The van der Waals surface area contributed by atoms with Crippen molar-refractivity contribution in [3.8, 4) is 0 Å². The van der Waals surface area contributed by atoms with Crippen LogP contribution in [0.4, 0.5) is 4.39 Å². The van der Waals surface area contributed by atoms with E-state index in [1.165, 1.54) is 22.0 Å². The Morgan fingerprint density at radius 3 is 2.28 bits per heavy atom. The van der Waals surface area contributed by atoms with Crippen LogP contribution in [0.1, 0.15) is 24.1 Å². The molecule has 25 heavy (non-hydrogen) atoms. The quantitative estimate of drug-likeness (QED) is 0.839. The second kappa shape index (κ2) is 7.23. The van der Waals surface area contributed by atoms with Gasteiger partial charge in [0.25, 0.3) is 0 Å². The Kier molecular flexibility index (Phi) is 5.22. The molecule has 1 atom stereocenters. The van der Waals surface area contributed by atoms with Crippen molar-refractivity contribution in [1.29, 1.82) is 0 Å². The van der Waals surface area contributed by atoms with Crippen molar-refractivity contribution in [2.45, 2.75) is 24.8 Å². The Morgan fingerprint density at radius 1 is 1.00 bits per heavy atom. The Bertz CT molecular complexity index is 832. The van der Waals surface area contributed by atoms with Crippen molar-refractivity contribution >= 4 is 10.0 Å². The minimum absolute atomic E-state index is 0.0667. The van der Waals surface area contributed by atoms with Gasteiger partial charge in [-0.25, -0.2) is 12.8 Å². The Hall–Kier alpha value is -1.76. The highest BCUT2D eigenvalue weighted by Gasteiger charge is 2.31. The molecule has 1 unspecified atom stereocenters. The van der Waals surface area contributed by atoms with Gasteiger partial charge >= 0.3 is 0 Å². The molecule has 0 bridgehead atoms. The van der Waals surface area contributed by atoms with Crippen molar-refractivity contribution < 1.29 is 12.8 Å². The van der Waals surface area contributed by atoms with E-state index >= 15 is 0 Å². The fourth-order valence-electron chi connectivity index (χ4n) is 3.26. The van der Waals surface area contributed by atoms with Crippen molar-refractivity contribution in [3.05, 3.63) is 65.5 Å². The fraction of sp³-hybridized carbons (Fsp3) is 0.368. The number of nitrogens with zero attached hydrogens (tertiary/aromatic N) is 2. The van der Waals surface area contributed by atoms with Crippen LogP contribution < -0.4 is 0 Å². The number of piperazine rings is 1. The molecule has 0 N–H and O–H groups in total. The summed E-state index contributed by atoms with van der Waals surface area (Å²) >= 11 is 0. The normalized spacial score (nSPS) is 18.2. The van der Waals surface area contributed by atoms with Crippen LogP contribution in [0.5, 0.6) is 0 Å². The summed E-state index contributed by atoms with van der Waals surface area (Å²) in [6.07, 6.45) is 0. The zero-order valence-corrected chi connectivity index (χ0v) is 15.3. The molecule has 0 spiro atoms. The Balaban J connectivity index is 1.72. The predicted molar refractivity (Wildman–Crippen MR) is 96.3 cm³/mol. The lowest BCUT2D eigenvalue weighted by Crippen LogP contribution is -2.49. The van der Waals surface area contributed by atoms with Crippen LogP contribution in [0.3, 0.4) is 0 Å². The number of sulfonamides is 1. The number of benzene rings is 2. The van der Waals surface area contributed by atoms with E-state index in [2.05, 4.69) is 24.0 Å². The zero-order chi connectivity index (χ0) is 18.0. The molecule has 3 rings (SSSR count). The summed E-state index contributed by atoms with van der Waals surface area (Å²) in [4.78, 5) is 2.34. The largest absolute Gasteiger partial charge is 0.294 e. The van der Waals surface area contributed by atoms with Gasteiger partial charge in [0, 0.05) is 32.2 Å². The Morgan fingerprint density at radius 2 is 1.64 bits per heavy atom. The highest BCUT2D eigenvalue weighted by atomic mass is 32.2. The second-order valence-corrected chi connectivity index (χ2v) is 8.34. The summed E-state index contributed by atoms with van der Waals surface area (Å²) in [5, 5.41) is 0. The van der Waals surface area contributed by atoms with E-state index < -0.39 is 15.8 Å². The lowest BCUT2D eigenvalue weighted by Gasteiger charge is -2.37. The molecule has 4 nitrogen and oxygen atoms in total. The maximum atomic E-state index is 13.5. The molecule has 2 aromatic carbocycles. The van der Waals surface area contributed by atoms with Crippen molar-refractivity contribution in [2.75, 3.05) is 26.2 Å². The summed E-state index contributed by atoms with van der Waals surface area (Å²) in [6, 6.07) is 14.3. The van der Waals surface area contributed by atoms with E-state index in [1.807, 2.05) is 18.2 Å². The third-order valence-electron chi connectivity index (χ3n) is 4.87. The molecule has 0 radical (unpaired) electrons. The third-order valence-corrected chi connectivity index (χ3v) is 6.91. The molecule has 1 fully saturated rings.